The lowest BCUT2D eigenvalue weighted by Gasteiger charge is -2.05. The smallest absolute Gasteiger partial charge is 0.173 e. The van der Waals surface area contributed by atoms with Gasteiger partial charge in [0.2, 0.25) is 0 Å². The summed E-state index contributed by atoms with van der Waals surface area (Å²) >= 11 is 23.1. The van der Waals surface area contributed by atoms with Gasteiger partial charge in [-0.2, -0.15) is 5.10 Å². The van der Waals surface area contributed by atoms with Gasteiger partial charge in [0.15, 0.2) is 10.9 Å². The molecular weight excluding hydrogens is 339 g/mol. The third-order valence-corrected chi connectivity index (χ3v) is 3.69. The van der Waals surface area contributed by atoms with E-state index in [-0.39, 0.29) is 0 Å². The molecule has 0 aliphatic rings. The summed E-state index contributed by atoms with van der Waals surface area (Å²) in [7, 11) is 1.72. The van der Waals surface area contributed by atoms with Crippen molar-refractivity contribution in [3.8, 4) is 0 Å². The summed E-state index contributed by atoms with van der Waals surface area (Å²) in [5.74, 6) is 0.496. The summed E-state index contributed by atoms with van der Waals surface area (Å²) < 4.78 is 1.68. The fourth-order valence-corrected chi connectivity index (χ4v) is 2.32. The molecule has 20 heavy (non-hydrogen) atoms. The molecular formula is C12H11Cl3N4S. The topological polar surface area (TPSA) is 41.9 Å². The van der Waals surface area contributed by atoms with Crippen molar-refractivity contribution in [1.29, 1.82) is 0 Å². The molecule has 0 bridgehead atoms. The molecule has 106 valence electrons. The summed E-state index contributed by atoms with van der Waals surface area (Å²) in [5.41, 5.74) is 0.901. The van der Waals surface area contributed by atoms with Crippen molar-refractivity contribution in [3.05, 3.63) is 45.0 Å². The van der Waals surface area contributed by atoms with Gasteiger partial charge >= 0.3 is 0 Å². The number of benzene rings is 1. The van der Waals surface area contributed by atoms with Crippen LogP contribution in [-0.4, -0.2) is 21.9 Å². The molecule has 0 spiro atoms. The molecule has 2 aromatic rings. The first-order valence-corrected chi connectivity index (χ1v) is 7.19. The Labute approximate surface area is 137 Å². The fraction of sp³-hybridized carbons (Fsp3) is 0.167. The molecule has 0 aliphatic carbocycles. The van der Waals surface area contributed by atoms with E-state index in [9.17, 15) is 0 Å². The van der Waals surface area contributed by atoms with Gasteiger partial charge in [-0.15, -0.1) is 0 Å². The number of nitrogens with zero attached hydrogens (tertiary/aromatic N) is 2. The Morgan fingerprint density at radius 1 is 1.30 bits per heavy atom. The van der Waals surface area contributed by atoms with Gasteiger partial charge < -0.3 is 10.6 Å². The molecule has 0 aliphatic heterocycles. The van der Waals surface area contributed by atoms with E-state index in [0.717, 1.165) is 5.56 Å². The van der Waals surface area contributed by atoms with E-state index in [1.807, 2.05) is 6.07 Å². The van der Waals surface area contributed by atoms with Gasteiger partial charge in [-0.05, 0) is 29.9 Å². The zero-order chi connectivity index (χ0) is 14.7. The van der Waals surface area contributed by atoms with E-state index in [4.69, 9.17) is 47.0 Å². The van der Waals surface area contributed by atoms with Crippen LogP contribution in [0.25, 0.3) is 0 Å². The molecule has 0 radical (unpaired) electrons. The van der Waals surface area contributed by atoms with Crippen LogP contribution < -0.4 is 10.6 Å². The highest BCUT2D eigenvalue weighted by Gasteiger charge is 2.09. The van der Waals surface area contributed by atoms with Crippen LogP contribution in [0.3, 0.4) is 0 Å². The summed E-state index contributed by atoms with van der Waals surface area (Å²) in [6, 6.07) is 5.33. The van der Waals surface area contributed by atoms with Crippen molar-refractivity contribution < 1.29 is 0 Å². The highest BCUT2D eigenvalue weighted by molar-refractivity contribution is 7.80. The summed E-state index contributed by atoms with van der Waals surface area (Å²) in [6.45, 7) is 0.490. The van der Waals surface area contributed by atoms with Crippen LogP contribution >= 0.6 is 47.0 Å². The molecule has 2 N–H and O–H groups in total. The van der Waals surface area contributed by atoms with E-state index in [1.54, 1.807) is 30.1 Å². The normalized spacial score (nSPS) is 10.4. The largest absolute Gasteiger partial charge is 0.365 e. The van der Waals surface area contributed by atoms with Crippen molar-refractivity contribution >= 4 is 58.0 Å². The molecule has 0 unspecified atom stereocenters. The Balaban J connectivity index is 2.18. The molecule has 0 atom stereocenters. The highest BCUT2D eigenvalue weighted by atomic mass is 35.5. The predicted molar refractivity (Wildman–Crippen MR) is 88.1 cm³/mol. The second kappa shape index (κ2) is 6.63. The molecule has 8 heteroatoms. The van der Waals surface area contributed by atoms with Gasteiger partial charge in [0.05, 0.1) is 6.54 Å². The second-order valence-corrected chi connectivity index (χ2v) is 5.62. The van der Waals surface area contributed by atoms with E-state index in [1.165, 1.54) is 0 Å². The van der Waals surface area contributed by atoms with Crippen LogP contribution in [0.4, 0.5) is 5.82 Å². The lowest BCUT2D eigenvalue weighted by Crippen LogP contribution is -2.24. The first kappa shape index (κ1) is 15.4. The zero-order valence-corrected chi connectivity index (χ0v) is 13.5. The van der Waals surface area contributed by atoms with E-state index in [2.05, 4.69) is 15.7 Å². The average Bonchev–Trinajstić information content (AvgIpc) is 2.73. The number of rotatable bonds is 3. The fourth-order valence-electron chi connectivity index (χ4n) is 1.56. The molecule has 2 rings (SSSR count). The molecule has 0 amide bonds. The van der Waals surface area contributed by atoms with Crippen molar-refractivity contribution in [3.63, 3.8) is 0 Å². The van der Waals surface area contributed by atoms with E-state index in [0.29, 0.717) is 32.5 Å². The minimum atomic E-state index is 0.446. The van der Waals surface area contributed by atoms with Gasteiger partial charge in [-0.3, -0.25) is 4.68 Å². The standard InChI is InChI=1S/C12H11Cl3N4S/c1-16-12(20)17-11-10(15)6-19(18-11)5-7-2-3-8(13)4-9(7)14/h2-4,6H,5H2,1H3,(H2,16,17,18,20). The summed E-state index contributed by atoms with van der Waals surface area (Å²) in [5, 5.41) is 12.1. The second-order valence-electron chi connectivity index (χ2n) is 3.96. The Bertz CT molecular complexity index is 642. The summed E-state index contributed by atoms with van der Waals surface area (Å²) in [4.78, 5) is 0. The summed E-state index contributed by atoms with van der Waals surface area (Å²) in [6.07, 6.45) is 1.70. The number of aromatic nitrogens is 2. The van der Waals surface area contributed by atoms with Crippen LogP contribution in [0.15, 0.2) is 24.4 Å². The molecule has 0 fully saturated rings. The van der Waals surface area contributed by atoms with Crippen LogP contribution in [0.5, 0.6) is 0 Å². The molecule has 0 saturated carbocycles. The van der Waals surface area contributed by atoms with Crippen molar-refractivity contribution in [2.75, 3.05) is 12.4 Å². The number of hydrogen-bond donors (Lipinski definition) is 2. The van der Waals surface area contributed by atoms with Gasteiger partial charge in [-0.25, -0.2) is 0 Å². The van der Waals surface area contributed by atoms with Gasteiger partial charge in [0.25, 0.3) is 0 Å². The average molecular weight is 350 g/mol. The number of anilines is 1. The van der Waals surface area contributed by atoms with Crippen molar-refractivity contribution in [2.45, 2.75) is 6.54 Å². The Morgan fingerprint density at radius 2 is 2.05 bits per heavy atom. The Hall–Kier alpha value is -1.01. The predicted octanol–water partition coefficient (Wildman–Crippen LogP) is 3.81. The number of halogens is 3. The van der Waals surface area contributed by atoms with Crippen molar-refractivity contribution in [2.24, 2.45) is 0 Å². The maximum atomic E-state index is 6.13. The van der Waals surface area contributed by atoms with Gasteiger partial charge in [0, 0.05) is 23.3 Å². The Morgan fingerprint density at radius 3 is 2.70 bits per heavy atom. The van der Waals surface area contributed by atoms with Crippen LogP contribution in [0.1, 0.15) is 5.56 Å². The van der Waals surface area contributed by atoms with E-state index >= 15 is 0 Å². The minimum Gasteiger partial charge on any atom is -0.365 e. The number of thiocarbonyl (C=S) groups is 1. The lowest BCUT2D eigenvalue weighted by molar-refractivity contribution is 0.690. The lowest BCUT2D eigenvalue weighted by atomic mass is 10.2. The maximum Gasteiger partial charge on any atom is 0.173 e. The maximum absolute atomic E-state index is 6.13. The van der Waals surface area contributed by atoms with Crippen LogP contribution in [-0.2, 0) is 6.54 Å². The van der Waals surface area contributed by atoms with Crippen molar-refractivity contribution in [1.82, 2.24) is 15.1 Å². The number of nitrogens with one attached hydrogen (secondary N) is 2. The van der Waals surface area contributed by atoms with Crippen LogP contribution in [0.2, 0.25) is 15.1 Å². The quantitative estimate of drug-likeness (QED) is 0.827. The SMILES string of the molecule is CNC(=S)Nc1nn(Cc2ccc(Cl)cc2Cl)cc1Cl. The highest BCUT2D eigenvalue weighted by Crippen LogP contribution is 2.24. The third kappa shape index (κ3) is 3.76. The molecule has 1 aromatic carbocycles. The Kier molecular flexibility index (Phi) is 5.10. The molecule has 1 aromatic heterocycles. The first-order valence-electron chi connectivity index (χ1n) is 5.65. The van der Waals surface area contributed by atoms with E-state index < -0.39 is 0 Å². The molecule has 4 nitrogen and oxygen atoms in total. The van der Waals surface area contributed by atoms with Gasteiger partial charge in [0.1, 0.15) is 5.02 Å². The molecule has 0 saturated heterocycles. The first-order chi connectivity index (χ1) is 9.49. The minimum absolute atomic E-state index is 0.446. The van der Waals surface area contributed by atoms with Crippen LogP contribution in [0, 0.1) is 0 Å². The number of hydrogen-bond acceptors (Lipinski definition) is 2. The monoisotopic (exact) mass is 348 g/mol. The third-order valence-electron chi connectivity index (χ3n) is 2.52. The van der Waals surface area contributed by atoms with Gasteiger partial charge in [-0.1, -0.05) is 40.9 Å². The zero-order valence-electron chi connectivity index (χ0n) is 10.5. The molecule has 1 heterocycles.